The summed E-state index contributed by atoms with van der Waals surface area (Å²) in [5.74, 6) is 0. The topological polar surface area (TPSA) is 41.6 Å². The van der Waals surface area contributed by atoms with Crippen molar-refractivity contribution < 1.29 is 0 Å². The second-order valence-electron chi connectivity index (χ2n) is 4.86. The van der Waals surface area contributed by atoms with Crippen LogP contribution >= 0.6 is 11.6 Å². The van der Waals surface area contributed by atoms with Crippen molar-refractivity contribution in [2.45, 2.75) is 20.8 Å². The summed E-state index contributed by atoms with van der Waals surface area (Å²) >= 11 is 6.22. The van der Waals surface area contributed by atoms with Crippen LogP contribution in [0.25, 0.3) is 22.2 Å². The largest absolute Gasteiger partial charge is 0.345 e. The summed E-state index contributed by atoms with van der Waals surface area (Å²) in [5, 5.41) is 1.37. The molecule has 0 saturated carbocycles. The number of rotatable bonds is 1. The number of nitrogens with one attached hydrogen (secondary N) is 1. The molecule has 0 aliphatic carbocycles. The fraction of sp³-hybridized carbons (Fsp3) is 0.200. The third-order valence-electron chi connectivity index (χ3n) is 3.37. The lowest BCUT2D eigenvalue weighted by Gasteiger charge is -2.10. The normalized spacial score (nSPS) is 11.2. The van der Waals surface area contributed by atoms with Crippen LogP contribution in [0.2, 0.25) is 5.15 Å². The highest BCUT2D eigenvalue weighted by molar-refractivity contribution is 6.35. The van der Waals surface area contributed by atoms with Gasteiger partial charge in [0, 0.05) is 11.8 Å². The molecule has 19 heavy (non-hydrogen) atoms. The smallest absolute Gasteiger partial charge is 0.142 e. The fourth-order valence-corrected chi connectivity index (χ4v) is 2.96. The van der Waals surface area contributed by atoms with E-state index in [1.165, 1.54) is 28.6 Å². The molecule has 2 aromatic heterocycles. The van der Waals surface area contributed by atoms with E-state index in [9.17, 15) is 0 Å². The van der Waals surface area contributed by atoms with E-state index < -0.39 is 0 Å². The van der Waals surface area contributed by atoms with Crippen LogP contribution in [0.3, 0.4) is 0 Å². The maximum absolute atomic E-state index is 6.22. The fourth-order valence-electron chi connectivity index (χ4n) is 2.73. The average Bonchev–Trinajstić information content (AvgIpc) is 2.73. The Kier molecular flexibility index (Phi) is 2.79. The number of halogens is 1. The van der Waals surface area contributed by atoms with Gasteiger partial charge in [-0.15, -0.1) is 0 Å². The minimum atomic E-state index is 0.487. The lowest BCUT2D eigenvalue weighted by Crippen LogP contribution is -1.90. The Morgan fingerprint density at radius 3 is 2.42 bits per heavy atom. The zero-order valence-electron chi connectivity index (χ0n) is 11.1. The molecule has 3 nitrogen and oxygen atoms in total. The van der Waals surface area contributed by atoms with E-state index in [1.807, 2.05) is 6.20 Å². The van der Waals surface area contributed by atoms with Crippen molar-refractivity contribution in [1.82, 2.24) is 15.0 Å². The van der Waals surface area contributed by atoms with Gasteiger partial charge in [0.05, 0.1) is 5.39 Å². The molecule has 0 fully saturated rings. The number of aryl methyl sites for hydroxylation is 3. The van der Waals surface area contributed by atoms with Crippen LogP contribution in [0.4, 0.5) is 0 Å². The number of hydrogen-bond acceptors (Lipinski definition) is 2. The number of nitrogens with zero attached hydrogens (tertiary/aromatic N) is 2. The van der Waals surface area contributed by atoms with Gasteiger partial charge in [-0.05, 0) is 37.5 Å². The average molecular weight is 272 g/mol. The van der Waals surface area contributed by atoms with Crippen LogP contribution in [0, 0.1) is 20.8 Å². The molecule has 0 saturated heterocycles. The van der Waals surface area contributed by atoms with Crippen molar-refractivity contribution in [2.75, 3.05) is 0 Å². The Bertz CT molecular complexity index is 751. The number of aromatic nitrogens is 3. The molecule has 0 spiro atoms. The zero-order valence-corrected chi connectivity index (χ0v) is 11.8. The van der Waals surface area contributed by atoms with Crippen LogP contribution < -0.4 is 0 Å². The van der Waals surface area contributed by atoms with E-state index >= 15 is 0 Å². The molecule has 2 heterocycles. The van der Waals surface area contributed by atoms with E-state index in [0.29, 0.717) is 5.15 Å². The first-order chi connectivity index (χ1) is 9.08. The van der Waals surface area contributed by atoms with Gasteiger partial charge in [0.2, 0.25) is 0 Å². The Labute approximate surface area is 116 Å². The molecule has 0 amide bonds. The van der Waals surface area contributed by atoms with Crippen LogP contribution in [-0.2, 0) is 0 Å². The van der Waals surface area contributed by atoms with Gasteiger partial charge < -0.3 is 4.98 Å². The monoisotopic (exact) mass is 271 g/mol. The lowest BCUT2D eigenvalue weighted by molar-refractivity contribution is 1.20. The van der Waals surface area contributed by atoms with E-state index in [1.54, 1.807) is 0 Å². The highest BCUT2D eigenvalue weighted by Gasteiger charge is 2.15. The minimum Gasteiger partial charge on any atom is -0.345 e. The van der Waals surface area contributed by atoms with E-state index in [4.69, 9.17) is 11.6 Å². The molecule has 0 radical (unpaired) electrons. The number of hydrogen-bond donors (Lipinski definition) is 1. The van der Waals surface area contributed by atoms with E-state index in [0.717, 1.165) is 16.6 Å². The third-order valence-corrected chi connectivity index (χ3v) is 3.66. The quantitative estimate of drug-likeness (QED) is 0.674. The van der Waals surface area contributed by atoms with Crippen molar-refractivity contribution in [1.29, 1.82) is 0 Å². The molecule has 0 bridgehead atoms. The molecule has 0 unspecified atom stereocenters. The van der Waals surface area contributed by atoms with Crippen molar-refractivity contribution in [2.24, 2.45) is 0 Å². The molecule has 0 aliphatic rings. The van der Waals surface area contributed by atoms with E-state index in [2.05, 4.69) is 47.9 Å². The van der Waals surface area contributed by atoms with Crippen LogP contribution in [-0.4, -0.2) is 15.0 Å². The first-order valence-corrected chi connectivity index (χ1v) is 6.51. The van der Waals surface area contributed by atoms with Gasteiger partial charge in [-0.1, -0.05) is 29.3 Å². The highest BCUT2D eigenvalue weighted by Crippen LogP contribution is 2.35. The Hall–Kier alpha value is -1.87. The number of benzene rings is 1. The van der Waals surface area contributed by atoms with Crippen LogP contribution in [0.5, 0.6) is 0 Å². The molecular weight excluding hydrogens is 258 g/mol. The second kappa shape index (κ2) is 4.35. The molecule has 3 rings (SSSR count). The molecule has 1 N–H and O–H groups in total. The number of aromatic amines is 1. The highest BCUT2D eigenvalue weighted by atomic mass is 35.5. The van der Waals surface area contributed by atoms with Gasteiger partial charge in [-0.2, -0.15) is 0 Å². The summed E-state index contributed by atoms with van der Waals surface area (Å²) in [7, 11) is 0. The Morgan fingerprint density at radius 2 is 1.74 bits per heavy atom. The van der Waals surface area contributed by atoms with Crippen LogP contribution in [0.15, 0.2) is 24.7 Å². The molecule has 4 heteroatoms. The summed E-state index contributed by atoms with van der Waals surface area (Å²) in [6, 6.07) is 4.36. The predicted octanol–water partition coefficient (Wildman–Crippen LogP) is 4.20. The van der Waals surface area contributed by atoms with Gasteiger partial charge in [0.1, 0.15) is 17.1 Å². The standard InChI is InChI=1S/C15H14ClN3/c1-8-4-9(2)12(10(3)5-8)11-6-17-15-13(11)14(16)18-7-19-15/h4-7H,1-3H3,(H,17,18,19). The summed E-state index contributed by atoms with van der Waals surface area (Å²) in [4.78, 5) is 11.5. The molecule has 1 aromatic carbocycles. The summed E-state index contributed by atoms with van der Waals surface area (Å²) in [5.41, 5.74) is 6.77. The maximum Gasteiger partial charge on any atom is 0.142 e. The predicted molar refractivity (Wildman–Crippen MR) is 78.5 cm³/mol. The molecular formula is C15H14ClN3. The van der Waals surface area contributed by atoms with Crippen molar-refractivity contribution >= 4 is 22.6 Å². The summed E-state index contributed by atoms with van der Waals surface area (Å²) in [6.07, 6.45) is 3.43. The van der Waals surface area contributed by atoms with Gasteiger partial charge in [0.15, 0.2) is 0 Å². The van der Waals surface area contributed by atoms with Gasteiger partial charge >= 0.3 is 0 Å². The molecule has 0 atom stereocenters. The van der Waals surface area contributed by atoms with E-state index in [-0.39, 0.29) is 0 Å². The molecule has 3 aromatic rings. The third kappa shape index (κ3) is 1.90. The maximum atomic E-state index is 6.22. The Morgan fingerprint density at radius 1 is 1.05 bits per heavy atom. The Balaban J connectivity index is 2.37. The number of H-pyrrole nitrogens is 1. The first kappa shape index (κ1) is 12.2. The van der Waals surface area contributed by atoms with Crippen molar-refractivity contribution in [3.63, 3.8) is 0 Å². The van der Waals surface area contributed by atoms with Crippen LogP contribution in [0.1, 0.15) is 16.7 Å². The van der Waals surface area contributed by atoms with Crippen molar-refractivity contribution in [3.8, 4) is 11.1 Å². The first-order valence-electron chi connectivity index (χ1n) is 6.13. The zero-order chi connectivity index (χ0) is 13.6. The SMILES string of the molecule is Cc1cc(C)c(-c2c[nH]c3ncnc(Cl)c23)c(C)c1. The number of fused-ring (bicyclic) bond motifs is 1. The van der Waals surface area contributed by atoms with Crippen molar-refractivity contribution in [3.05, 3.63) is 46.5 Å². The second-order valence-corrected chi connectivity index (χ2v) is 5.22. The molecule has 0 aliphatic heterocycles. The van der Waals surface area contributed by atoms with Gasteiger partial charge in [0.25, 0.3) is 0 Å². The van der Waals surface area contributed by atoms with Gasteiger partial charge in [-0.3, -0.25) is 0 Å². The summed E-state index contributed by atoms with van der Waals surface area (Å²) in [6.45, 7) is 6.34. The minimum absolute atomic E-state index is 0.487. The molecule has 96 valence electrons. The lowest BCUT2D eigenvalue weighted by atomic mass is 9.94. The van der Waals surface area contributed by atoms with Gasteiger partial charge in [-0.25, -0.2) is 9.97 Å². The summed E-state index contributed by atoms with van der Waals surface area (Å²) < 4.78 is 0.